The summed E-state index contributed by atoms with van der Waals surface area (Å²) in [7, 11) is 0. The third kappa shape index (κ3) is 3.53. The van der Waals surface area contributed by atoms with E-state index < -0.39 is 0 Å². The normalized spacial score (nSPS) is 10.2. The first kappa shape index (κ1) is 11.5. The van der Waals surface area contributed by atoms with E-state index >= 15 is 0 Å². The van der Waals surface area contributed by atoms with Gasteiger partial charge < -0.3 is 10.5 Å². The Bertz CT molecular complexity index is 442. The van der Waals surface area contributed by atoms with Crippen molar-refractivity contribution in [3.63, 3.8) is 0 Å². The number of ether oxygens (including phenoxy) is 1. The van der Waals surface area contributed by atoms with Gasteiger partial charge in [-0.05, 0) is 36.7 Å². The van der Waals surface area contributed by atoms with Gasteiger partial charge in [0.2, 0.25) is 0 Å². The Morgan fingerprint density at radius 3 is 2.41 bits per heavy atom. The highest BCUT2D eigenvalue weighted by molar-refractivity contribution is 5.27. The molecule has 0 saturated heterocycles. The number of hydrogen-bond acceptors (Lipinski definition) is 4. The molecule has 2 rings (SSSR count). The highest BCUT2D eigenvalue weighted by Crippen LogP contribution is 2.13. The third-order valence-corrected chi connectivity index (χ3v) is 2.34. The Hall–Kier alpha value is -1.94. The number of hydrogen-bond donors (Lipinski definition) is 1. The van der Waals surface area contributed by atoms with Crippen molar-refractivity contribution in [3.8, 4) is 5.75 Å². The van der Waals surface area contributed by atoms with Crippen LogP contribution in [0.3, 0.4) is 0 Å². The van der Waals surface area contributed by atoms with Crippen LogP contribution < -0.4 is 10.5 Å². The number of aromatic nitrogens is 2. The van der Waals surface area contributed by atoms with Gasteiger partial charge in [-0.2, -0.15) is 0 Å². The van der Waals surface area contributed by atoms with Crippen molar-refractivity contribution in [1.29, 1.82) is 0 Å². The van der Waals surface area contributed by atoms with E-state index in [2.05, 4.69) is 9.97 Å². The molecule has 0 atom stereocenters. The largest absolute Gasteiger partial charge is 0.486 e. The molecule has 2 aromatic rings. The van der Waals surface area contributed by atoms with E-state index in [0.29, 0.717) is 19.0 Å². The standard InChI is InChI=1S/C13H15N3O/c14-7-6-11-2-4-12(5-3-11)17-10-13-15-8-1-9-16-13/h1-5,8-9H,6-7,10,14H2. The molecule has 0 aliphatic heterocycles. The summed E-state index contributed by atoms with van der Waals surface area (Å²) in [6, 6.07) is 9.70. The van der Waals surface area contributed by atoms with Crippen molar-refractivity contribution in [2.75, 3.05) is 6.54 Å². The van der Waals surface area contributed by atoms with Crippen molar-refractivity contribution in [2.45, 2.75) is 13.0 Å². The van der Waals surface area contributed by atoms with Crippen LogP contribution in [0, 0.1) is 0 Å². The fourth-order valence-electron chi connectivity index (χ4n) is 1.47. The Kier molecular flexibility index (Phi) is 4.05. The van der Waals surface area contributed by atoms with Gasteiger partial charge in [-0.25, -0.2) is 9.97 Å². The second-order valence-electron chi connectivity index (χ2n) is 3.64. The van der Waals surface area contributed by atoms with Crippen molar-refractivity contribution < 1.29 is 4.74 Å². The average molecular weight is 229 g/mol. The lowest BCUT2D eigenvalue weighted by Gasteiger charge is -2.05. The number of benzene rings is 1. The fourth-order valence-corrected chi connectivity index (χ4v) is 1.47. The summed E-state index contributed by atoms with van der Waals surface area (Å²) in [5.74, 6) is 1.50. The van der Waals surface area contributed by atoms with Gasteiger partial charge in [-0.15, -0.1) is 0 Å². The maximum atomic E-state index is 5.57. The Balaban J connectivity index is 1.91. The zero-order valence-electron chi connectivity index (χ0n) is 9.54. The molecular formula is C13H15N3O. The molecule has 0 fully saturated rings. The summed E-state index contributed by atoms with van der Waals surface area (Å²) in [4.78, 5) is 8.18. The molecule has 0 bridgehead atoms. The van der Waals surface area contributed by atoms with Crippen LogP contribution in [0.4, 0.5) is 0 Å². The minimum atomic E-state index is 0.386. The zero-order valence-corrected chi connectivity index (χ0v) is 9.54. The topological polar surface area (TPSA) is 61.0 Å². The van der Waals surface area contributed by atoms with Crippen LogP contribution >= 0.6 is 0 Å². The molecule has 4 heteroatoms. The van der Waals surface area contributed by atoms with E-state index in [1.807, 2.05) is 24.3 Å². The lowest BCUT2D eigenvalue weighted by Crippen LogP contribution is -2.03. The highest BCUT2D eigenvalue weighted by atomic mass is 16.5. The lowest BCUT2D eigenvalue weighted by molar-refractivity contribution is 0.295. The van der Waals surface area contributed by atoms with Crippen LogP contribution in [-0.4, -0.2) is 16.5 Å². The van der Waals surface area contributed by atoms with Crippen LogP contribution in [0.15, 0.2) is 42.7 Å². The monoisotopic (exact) mass is 229 g/mol. The molecule has 1 heterocycles. The summed E-state index contributed by atoms with van der Waals surface area (Å²) in [6.07, 6.45) is 4.30. The molecule has 88 valence electrons. The quantitative estimate of drug-likeness (QED) is 0.845. The average Bonchev–Trinajstić information content (AvgIpc) is 2.40. The van der Waals surface area contributed by atoms with E-state index in [1.165, 1.54) is 5.56 Å². The van der Waals surface area contributed by atoms with Gasteiger partial charge >= 0.3 is 0 Å². The SMILES string of the molecule is NCCc1ccc(OCc2ncccn2)cc1. The van der Waals surface area contributed by atoms with Crippen molar-refractivity contribution in [2.24, 2.45) is 5.73 Å². The second kappa shape index (κ2) is 5.96. The van der Waals surface area contributed by atoms with Crippen LogP contribution in [0.5, 0.6) is 5.75 Å². The van der Waals surface area contributed by atoms with Crippen molar-refractivity contribution >= 4 is 0 Å². The molecule has 1 aromatic heterocycles. The van der Waals surface area contributed by atoms with Gasteiger partial charge in [0.25, 0.3) is 0 Å². The Morgan fingerprint density at radius 2 is 1.76 bits per heavy atom. The van der Waals surface area contributed by atoms with E-state index in [1.54, 1.807) is 18.5 Å². The third-order valence-electron chi connectivity index (χ3n) is 2.34. The van der Waals surface area contributed by atoms with E-state index in [0.717, 1.165) is 12.2 Å². The van der Waals surface area contributed by atoms with Crippen LogP contribution in [-0.2, 0) is 13.0 Å². The fraction of sp³-hybridized carbons (Fsp3) is 0.231. The molecular weight excluding hydrogens is 214 g/mol. The molecule has 4 nitrogen and oxygen atoms in total. The lowest BCUT2D eigenvalue weighted by atomic mass is 10.1. The molecule has 17 heavy (non-hydrogen) atoms. The summed E-state index contributed by atoms with van der Waals surface area (Å²) in [5.41, 5.74) is 6.70. The first-order valence-corrected chi connectivity index (χ1v) is 5.56. The van der Waals surface area contributed by atoms with Gasteiger partial charge in [0.1, 0.15) is 12.4 Å². The summed E-state index contributed by atoms with van der Waals surface area (Å²) in [5, 5.41) is 0. The molecule has 1 aromatic carbocycles. The molecule has 0 aliphatic carbocycles. The van der Waals surface area contributed by atoms with Gasteiger partial charge in [-0.1, -0.05) is 12.1 Å². The minimum Gasteiger partial charge on any atom is -0.486 e. The predicted molar refractivity (Wildman–Crippen MR) is 65.6 cm³/mol. The number of nitrogens with zero attached hydrogens (tertiary/aromatic N) is 2. The highest BCUT2D eigenvalue weighted by Gasteiger charge is 1.98. The van der Waals surface area contributed by atoms with Crippen LogP contribution in [0.25, 0.3) is 0 Å². The minimum absolute atomic E-state index is 0.386. The van der Waals surface area contributed by atoms with Gasteiger partial charge in [0, 0.05) is 12.4 Å². The zero-order chi connectivity index (χ0) is 11.9. The maximum absolute atomic E-state index is 5.57. The molecule has 0 aliphatic rings. The van der Waals surface area contributed by atoms with Gasteiger partial charge in [0.05, 0.1) is 0 Å². The molecule has 0 saturated carbocycles. The Morgan fingerprint density at radius 1 is 1.06 bits per heavy atom. The maximum Gasteiger partial charge on any atom is 0.166 e. The Labute approximate surface area is 100 Å². The number of rotatable bonds is 5. The first-order chi connectivity index (χ1) is 8.38. The molecule has 0 unspecified atom stereocenters. The van der Waals surface area contributed by atoms with E-state index in [9.17, 15) is 0 Å². The van der Waals surface area contributed by atoms with Gasteiger partial charge in [0.15, 0.2) is 5.82 Å². The number of nitrogens with two attached hydrogens (primary N) is 1. The van der Waals surface area contributed by atoms with Crippen LogP contribution in [0.2, 0.25) is 0 Å². The molecule has 0 amide bonds. The summed E-state index contributed by atoms with van der Waals surface area (Å²) >= 11 is 0. The van der Waals surface area contributed by atoms with E-state index in [4.69, 9.17) is 10.5 Å². The van der Waals surface area contributed by atoms with Crippen molar-refractivity contribution in [3.05, 3.63) is 54.1 Å². The molecule has 2 N–H and O–H groups in total. The summed E-state index contributed by atoms with van der Waals surface area (Å²) < 4.78 is 5.57. The van der Waals surface area contributed by atoms with E-state index in [-0.39, 0.29) is 0 Å². The van der Waals surface area contributed by atoms with Gasteiger partial charge in [-0.3, -0.25) is 0 Å². The summed E-state index contributed by atoms with van der Waals surface area (Å²) in [6.45, 7) is 1.05. The second-order valence-corrected chi connectivity index (χ2v) is 3.64. The van der Waals surface area contributed by atoms with Crippen molar-refractivity contribution in [1.82, 2.24) is 9.97 Å². The smallest absolute Gasteiger partial charge is 0.166 e. The predicted octanol–water partition coefficient (Wildman–Crippen LogP) is 1.56. The first-order valence-electron chi connectivity index (χ1n) is 5.56. The van der Waals surface area contributed by atoms with Crippen LogP contribution in [0.1, 0.15) is 11.4 Å². The molecule has 0 spiro atoms. The molecule has 0 radical (unpaired) electrons.